The van der Waals surface area contributed by atoms with E-state index in [1.54, 1.807) is 27.7 Å². The Balaban J connectivity index is 0.000000460. The van der Waals surface area contributed by atoms with E-state index in [2.05, 4.69) is 0 Å². The van der Waals surface area contributed by atoms with Crippen LogP contribution in [0, 0.1) is 23.7 Å². The van der Waals surface area contributed by atoms with Gasteiger partial charge < -0.3 is 59.8 Å². The molecule has 0 radical (unpaired) electrons. The normalized spacial score (nSPS) is 37.5. The molecule has 2 aliphatic rings. The fourth-order valence-electron chi connectivity index (χ4n) is 4.71. The number of aliphatic hydroxyl groups excluding tert-OH is 6. The molecule has 14 heteroatoms. The van der Waals surface area contributed by atoms with Gasteiger partial charge in [0.15, 0.2) is 0 Å². The molecule has 44 heavy (non-hydrogen) atoms. The molecule has 2 fully saturated rings. The molecule has 2 saturated heterocycles. The molecule has 2 rings (SSSR count). The molecule has 0 aliphatic carbocycles. The monoisotopic (exact) mass is 642 g/mol. The largest absolute Gasteiger partial charge is 0.477 e. The van der Waals surface area contributed by atoms with Crippen molar-refractivity contribution in [2.24, 2.45) is 23.7 Å². The number of carboxylic acid groups (broad SMARTS) is 2. The van der Waals surface area contributed by atoms with Gasteiger partial charge in [0.2, 0.25) is 0 Å². The Hall–Kier alpha value is -1.46. The highest BCUT2D eigenvalue weighted by Gasteiger charge is 2.56. The van der Waals surface area contributed by atoms with Gasteiger partial charge in [0, 0.05) is 27.4 Å². The quantitative estimate of drug-likeness (QED) is 0.147. The maximum Gasteiger partial charge on any atom is 0.364 e. The van der Waals surface area contributed by atoms with Gasteiger partial charge in [-0.2, -0.15) is 0 Å². The molecule has 14 unspecified atom stereocenters. The van der Waals surface area contributed by atoms with Crippen LogP contribution in [0.15, 0.2) is 0 Å². The summed E-state index contributed by atoms with van der Waals surface area (Å²) in [5.74, 6) is -8.16. The second-order valence-corrected chi connectivity index (χ2v) is 12.8. The van der Waals surface area contributed by atoms with Crippen molar-refractivity contribution >= 4 is 11.9 Å². The van der Waals surface area contributed by atoms with Gasteiger partial charge in [-0.05, 0) is 39.5 Å². The lowest BCUT2D eigenvalue weighted by Crippen LogP contribution is -2.61. The first-order valence-corrected chi connectivity index (χ1v) is 15.0. The molecule has 0 aromatic rings. The third-order valence-corrected chi connectivity index (χ3v) is 8.60. The zero-order valence-electron chi connectivity index (χ0n) is 28.9. The van der Waals surface area contributed by atoms with E-state index in [9.17, 15) is 50.4 Å². The summed E-state index contributed by atoms with van der Waals surface area (Å²) in [5.41, 5.74) is 0. The fraction of sp³-hybridized carbons (Fsp3) is 0.933. The van der Waals surface area contributed by atoms with Crippen molar-refractivity contribution < 1.29 is 72.1 Å². The molecule has 14 atom stereocenters. The molecule has 14 nitrogen and oxygen atoms in total. The molecular weight excluding hydrogens is 584 g/mol. The molecule has 0 spiro atoms. The smallest absolute Gasteiger partial charge is 0.364 e. The molecule has 0 bridgehead atoms. The third kappa shape index (κ3) is 9.77. The lowest BCUT2D eigenvalue weighted by atomic mass is 9.84. The van der Waals surface area contributed by atoms with Crippen LogP contribution in [0.4, 0.5) is 0 Å². The SMILES string of the molecule is [2H]CC(O)C(O)C1OC(OC(C)C(C)C)(C(=O)O)CC(O)C1C.[2H]CC(O)C(O)C1OC(OC(C)C(C)C)(C(=O)O)CC(O)C1C. The van der Waals surface area contributed by atoms with Crippen LogP contribution >= 0.6 is 0 Å². The number of aliphatic carboxylic acids is 2. The molecule has 260 valence electrons. The first-order valence-electron chi connectivity index (χ1n) is 16.4. The predicted octanol–water partition coefficient (Wildman–Crippen LogP) is 0.712. The van der Waals surface area contributed by atoms with Crippen molar-refractivity contribution in [3.05, 3.63) is 0 Å². The van der Waals surface area contributed by atoms with Crippen molar-refractivity contribution in [3.63, 3.8) is 0 Å². The Labute approximate surface area is 262 Å². The zero-order chi connectivity index (χ0) is 35.9. The van der Waals surface area contributed by atoms with Crippen molar-refractivity contribution in [1.29, 1.82) is 0 Å². The summed E-state index contributed by atoms with van der Waals surface area (Å²) in [6, 6.07) is 0. The van der Waals surface area contributed by atoms with Gasteiger partial charge in [-0.3, -0.25) is 0 Å². The zero-order valence-corrected chi connectivity index (χ0v) is 26.9. The highest BCUT2D eigenvalue weighted by Crippen LogP contribution is 2.39. The van der Waals surface area contributed by atoms with Gasteiger partial charge in [0.1, 0.15) is 12.2 Å². The van der Waals surface area contributed by atoms with Crippen molar-refractivity contribution in [3.8, 4) is 0 Å². The standard InChI is InChI=1S/2C15H28O7/c2*1-7(2)10(5)21-15(14(19)20)6-11(17)8(3)13(22-15)12(18)9(4)16/h2*7-13,16-18H,6H2,1-5H3,(H,19,20)/i2*4D. The lowest BCUT2D eigenvalue weighted by molar-refractivity contribution is -0.329. The molecular formula is C30H56O14. The van der Waals surface area contributed by atoms with E-state index in [0.717, 1.165) is 0 Å². The maximum absolute atomic E-state index is 11.8. The molecule has 8 N–H and O–H groups in total. The van der Waals surface area contributed by atoms with E-state index >= 15 is 0 Å². The summed E-state index contributed by atoms with van der Waals surface area (Å²) in [6.45, 7) is 13.1. The Morgan fingerprint density at radius 1 is 0.705 bits per heavy atom. The van der Waals surface area contributed by atoms with Crippen molar-refractivity contribution in [2.45, 2.75) is 155 Å². The lowest BCUT2D eigenvalue weighted by Gasteiger charge is -2.46. The minimum atomic E-state index is -2.09. The van der Waals surface area contributed by atoms with E-state index in [1.807, 2.05) is 27.7 Å². The Morgan fingerprint density at radius 2 is 1.00 bits per heavy atom. The number of hydrogen-bond acceptors (Lipinski definition) is 12. The van der Waals surface area contributed by atoms with Crippen LogP contribution in [0.2, 0.25) is 0 Å². The summed E-state index contributed by atoms with van der Waals surface area (Å²) in [4.78, 5) is 23.5. The summed E-state index contributed by atoms with van der Waals surface area (Å²) in [6.07, 6.45) is -11.7. The van der Waals surface area contributed by atoms with Gasteiger partial charge in [0.25, 0.3) is 11.6 Å². The molecule has 0 amide bonds. The number of rotatable bonds is 12. The first kappa shape index (κ1) is 37.0. The predicted molar refractivity (Wildman–Crippen MR) is 156 cm³/mol. The van der Waals surface area contributed by atoms with Crippen LogP contribution < -0.4 is 0 Å². The van der Waals surface area contributed by atoms with Crippen molar-refractivity contribution in [2.75, 3.05) is 0 Å². The Bertz CT molecular complexity index is 885. The van der Waals surface area contributed by atoms with Gasteiger partial charge >= 0.3 is 11.9 Å². The number of ether oxygens (including phenoxy) is 4. The van der Waals surface area contributed by atoms with Gasteiger partial charge in [0.05, 0.1) is 48.8 Å². The number of aliphatic hydroxyl groups is 6. The number of carboxylic acids is 2. The van der Waals surface area contributed by atoms with Crippen molar-refractivity contribution in [1.82, 2.24) is 0 Å². The van der Waals surface area contributed by atoms with E-state index in [-0.39, 0.29) is 24.7 Å². The average molecular weight is 643 g/mol. The van der Waals surface area contributed by atoms with Gasteiger partial charge in [-0.15, -0.1) is 0 Å². The minimum absolute atomic E-state index is 0.0218. The highest BCUT2D eigenvalue weighted by atomic mass is 16.7. The van der Waals surface area contributed by atoms with Gasteiger partial charge in [-0.25, -0.2) is 9.59 Å². The fourth-order valence-corrected chi connectivity index (χ4v) is 4.71. The summed E-state index contributed by atoms with van der Waals surface area (Å²) in [7, 11) is 0. The second kappa shape index (κ2) is 16.4. The van der Waals surface area contributed by atoms with Crippen LogP contribution in [0.3, 0.4) is 0 Å². The molecule has 0 aromatic heterocycles. The minimum Gasteiger partial charge on any atom is -0.477 e. The van der Waals surface area contributed by atoms with Crippen LogP contribution in [0.5, 0.6) is 0 Å². The van der Waals surface area contributed by atoms with E-state index in [4.69, 9.17) is 21.7 Å². The van der Waals surface area contributed by atoms with E-state index in [0.29, 0.717) is 0 Å². The first-order chi connectivity index (χ1) is 21.1. The summed E-state index contributed by atoms with van der Waals surface area (Å²) >= 11 is 0. The molecule has 2 aliphatic heterocycles. The molecule has 0 aromatic carbocycles. The molecule has 2 heterocycles. The Morgan fingerprint density at radius 3 is 1.23 bits per heavy atom. The van der Waals surface area contributed by atoms with Crippen LogP contribution in [-0.2, 0) is 28.5 Å². The van der Waals surface area contributed by atoms with Crippen LogP contribution in [0.25, 0.3) is 0 Å². The van der Waals surface area contributed by atoms with E-state index in [1.165, 1.54) is 0 Å². The average Bonchev–Trinajstić information content (AvgIpc) is 2.98. The maximum atomic E-state index is 11.8. The second-order valence-electron chi connectivity index (χ2n) is 12.8. The summed E-state index contributed by atoms with van der Waals surface area (Å²) in [5, 5.41) is 79.2. The van der Waals surface area contributed by atoms with Gasteiger partial charge in [-0.1, -0.05) is 41.5 Å². The molecule has 0 saturated carbocycles. The Kier molecular flexibility index (Phi) is 13.8. The van der Waals surface area contributed by atoms with Crippen LogP contribution in [0.1, 0.15) is 84.8 Å². The van der Waals surface area contributed by atoms with Crippen LogP contribution in [-0.4, -0.2) is 125 Å². The van der Waals surface area contributed by atoms with E-state index < -0.39 is 110 Å². The number of hydrogen-bond donors (Lipinski definition) is 8. The topological polar surface area (TPSA) is 233 Å². The summed E-state index contributed by atoms with van der Waals surface area (Å²) < 4.78 is 36.6. The number of carbonyl (C=O) groups is 2. The highest BCUT2D eigenvalue weighted by molar-refractivity contribution is 5.76. The third-order valence-electron chi connectivity index (χ3n) is 8.60.